The summed E-state index contributed by atoms with van der Waals surface area (Å²) in [6.45, 7) is 1.57. The quantitative estimate of drug-likeness (QED) is 0.798. The first kappa shape index (κ1) is 13.2. The fourth-order valence-corrected chi connectivity index (χ4v) is 2.19. The number of aliphatic hydroxyl groups is 1. The van der Waals surface area contributed by atoms with E-state index in [9.17, 15) is 18.3 Å². The smallest absolute Gasteiger partial charge is 0.399 e. The minimum Gasteiger partial charge on any atom is -0.399 e. The molecule has 1 aromatic rings. The highest BCUT2D eigenvalue weighted by molar-refractivity contribution is 5.45. The third kappa shape index (κ3) is 3.14. The minimum absolute atomic E-state index is 0.111. The van der Waals surface area contributed by atoms with Gasteiger partial charge in [0.1, 0.15) is 0 Å². The summed E-state index contributed by atoms with van der Waals surface area (Å²) < 4.78 is 37.8. The molecule has 0 saturated carbocycles. The van der Waals surface area contributed by atoms with E-state index in [0.717, 1.165) is 12.1 Å². The number of β-amino-alcohol motifs (C(OH)–C–C–N with tert-alkyl or cyclic N) is 1. The second-order valence-corrected chi connectivity index (χ2v) is 4.64. The van der Waals surface area contributed by atoms with Crippen LogP contribution in [0.1, 0.15) is 17.5 Å². The third-order valence-corrected chi connectivity index (χ3v) is 3.00. The maximum atomic E-state index is 12.6. The van der Waals surface area contributed by atoms with Gasteiger partial charge < -0.3 is 10.8 Å². The first-order chi connectivity index (χ1) is 8.34. The highest BCUT2D eigenvalue weighted by Gasteiger charge is 2.31. The second kappa shape index (κ2) is 4.78. The van der Waals surface area contributed by atoms with Crippen molar-refractivity contribution >= 4 is 5.69 Å². The van der Waals surface area contributed by atoms with Gasteiger partial charge in [-0.15, -0.1) is 0 Å². The van der Waals surface area contributed by atoms with Crippen molar-refractivity contribution in [3.8, 4) is 0 Å². The minimum atomic E-state index is -4.38. The van der Waals surface area contributed by atoms with E-state index in [2.05, 4.69) is 0 Å². The number of halogens is 3. The van der Waals surface area contributed by atoms with Gasteiger partial charge in [0, 0.05) is 25.3 Å². The molecule has 1 fully saturated rings. The molecule has 0 unspecified atom stereocenters. The molecule has 1 aliphatic heterocycles. The molecule has 1 aliphatic rings. The average Bonchev–Trinajstić information content (AvgIpc) is 2.61. The van der Waals surface area contributed by atoms with Crippen LogP contribution in [0.25, 0.3) is 0 Å². The Bertz CT molecular complexity index is 434. The molecule has 0 spiro atoms. The van der Waals surface area contributed by atoms with Crippen molar-refractivity contribution in [2.75, 3.05) is 18.8 Å². The number of nitrogen functional groups attached to an aromatic ring is 1. The van der Waals surface area contributed by atoms with Crippen molar-refractivity contribution in [3.63, 3.8) is 0 Å². The Kier molecular flexibility index (Phi) is 3.49. The zero-order valence-electron chi connectivity index (χ0n) is 9.74. The summed E-state index contributed by atoms with van der Waals surface area (Å²) >= 11 is 0. The van der Waals surface area contributed by atoms with E-state index in [1.807, 2.05) is 4.90 Å². The van der Waals surface area contributed by atoms with E-state index in [1.54, 1.807) is 6.07 Å². The number of nitrogens with two attached hydrogens (primary N) is 1. The lowest BCUT2D eigenvalue weighted by molar-refractivity contribution is -0.137. The van der Waals surface area contributed by atoms with Crippen LogP contribution in [0.3, 0.4) is 0 Å². The van der Waals surface area contributed by atoms with Gasteiger partial charge in [-0.1, -0.05) is 0 Å². The Balaban J connectivity index is 2.15. The Morgan fingerprint density at radius 1 is 1.33 bits per heavy atom. The molecule has 18 heavy (non-hydrogen) atoms. The molecular weight excluding hydrogens is 245 g/mol. The van der Waals surface area contributed by atoms with Crippen LogP contribution in [0.2, 0.25) is 0 Å². The number of benzene rings is 1. The lowest BCUT2D eigenvalue weighted by atomic mass is 10.1. The van der Waals surface area contributed by atoms with Crippen LogP contribution in [0, 0.1) is 0 Å². The zero-order chi connectivity index (χ0) is 13.3. The van der Waals surface area contributed by atoms with Crippen molar-refractivity contribution < 1.29 is 18.3 Å². The fraction of sp³-hybridized carbons (Fsp3) is 0.500. The van der Waals surface area contributed by atoms with Crippen LogP contribution in [0.4, 0.5) is 18.9 Å². The van der Waals surface area contributed by atoms with Crippen LogP contribution in [-0.2, 0) is 12.7 Å². The fourth-order valence-electron chi connectivity index (χ4n) is 2.19. The molecule has 6 heteroatoms. The zero-order valence-corrected chi connectivity index (χ0v) is 9.74. The van der Waals surface area contributed by atoms with Gasteiger partial charge in [-0.05, 0) is 30.2 Å². The van der Waals surface area contributed by atoms with Crippen molar-refractivity contribution in [3.05, 3.63) is 29.3 Å². The highest BCUT2D eigenvalue weighted by Crippen LogP contribution is 2.31. The average molecular weight is 260 g/mol. The van der Waals surface area contributed by atoms with Crippen LogP contribution in [0.5, 0.6) is 0 Å². The van der Waals surface area contributed by atoms with E-state index in [0.29, 0.717) is 31.6 Å². The first-order valence-corrected chi connectivity index (χ1v) is 5.71. The summed E-state index contributed by atoms with van der Waals surface area (Å²) in [6.07, 6.45) is -4.10. The molecule has 3 N–H and O–H groups in total. The van der Waals surface area contributed by atoms with Crippen molar-refractivity contribution in [2.24, 2.45) is 0 Å². The summed E-state index contributed by atoms with van der Waals surface area (Å²) in [7, 11) is 0. The maximum absolute atomic E-state index is 12.6. The van der Waals surface area contributed by atoms with Gasteiger partial charge in [0.25, 0.3) is 0 Å². The third-order valence-electron chi connectivity index (χ3n) is 3.00. The van der Waals surface area contributed by atoms with Gasteiger partial charge in [-0.25, -0.2) is 0 Å². The molecular formula is C12H15F3N2O. The summed E-state index contributed by atoms with van der Waals surface area (Å²) in [5.41, 5.74) is 5.40. The Labute approximate surface area is 103 Å². The molecule has 0 bridgehead atoms. The van der Waals surface area contributed by atoms with Crippen LogP contribution < -0.4 is 5.73 Å². The molecule has 1 heterocycles. The SMILES string of the molecule is Nc1cc(CN2CC[C@H](O)C2)cc(C(F)(F)F)c1. The lowest BCUT2D eigenvalue weighted by Crippen LogP contribution is -2.22. The molecule has 1 atom stereocenters. The van der Waals surface area contributed by atoms with E-state index >= 15 is 0 Å². The Hall–Kier alpha value is -1.27. The van der Waals surface area contributed by atoms with Gasteiger partial charge in [-0.2, -0.15) is 13.2 Å². The van der Waals surface area contributed by atoms with Crippen LogP contribution in [-0.4, -0.2) is 29.2 Å². The molecule has 0 radical (unpaired) electrons. The summed E-state index contributed by atoms with van der Waals surface area (Å²) in [4.78, 5) is 1.92. The molecule has 0 amide bonds. The number of alkyl halides is 3. The number of anilines is 1. The molecule has 1 aromatic carbocycles. The summed E-state index contributed by atoms with van der Waals surface area (Å²) in [6, 6.07) is 3.59. The van der Waals surface area contributed by atoms with Gasteiger partial charge in [-0.3, -0.25) is 4.90 Å². The van der Waals surface area contributed by atoms with E-state index < -0.39 is 11.7 Å². The monoisotopic (exact) mass is 260 g/mol. The van der Waals surface area contributed by atoms with E-state index in [1.165, 1.54) is 0 Å². The van der Waals surface area contributed by atoms with Crippen molar-refractivity contribution in [2.45, 2.75) is 25.2 Å². The Morgan fingerprint density at radius 2 is 2.06 bits per heavy atom. The number of nitrogens with zero attached hydrogens (tertiary/aromatic N) is 1. The number of aliphatic hydroxyl groups excluding tert-OH is 1. The van der Waals surface area contributed by atoms with Crippen LogP contribution >= 0.6 is 0 Å². The predicted octanol–water partition coefficient (Wildman–Crippen LogP) is 1.85. The summed E-state index contributed by atoms with van der Waals surface area (Å²) in [5, 5.41) is 9.37. The highest BCUT2D eigenvalue weighted by atomic mass is 19.4. The largest absolute Gasteiger partial charge is 0.416 e. The number of rotatable bonds is 2. The molecule has 0 aliphatic carbocycles. The van der Waals surface area contributed by atoms with Gasteiger partial charge in [0.05, 0.1) is 11.7 Å². The lowest BCUT2D eigenvalue weighted by Gasteiger charge is -2.16. The van der Waals surface area contributed by atoms with E-state index in [-0.39, 0.29) is 11.8 Å². The van der Waals surface area contributed by atoms with Crippen LogP contribution in [0.15, 0.2) is 18.2 Å². The van der Waals surface area contributed by atoms with Gasteiger partial charge >= 0.3 is 6.18 Å². The molecule has 1 saturated heterocycles. The Morgan fingerprint density at radius 3 is 2.61 bits per heavy atom. The topological polar surface area (TPSA) is 49.5 Å². The van der Waals surface area contributed by atoms with E-state index in [4.69, 9.17) is 5.73 Å². The van der Waals surface area contributed by atoms with Crippen molar-refractivity contribution in [1.29, 1.82) is 0 Å². The number of likely N-dealkylation sites (tertiary alicyclic amines) is 1. The molecule has 2 rings (SSSR count). The maximum Gasteiger partial charge on any atom is 0.416 e. The second-order valence-electron chi connectivity index (χ2n) is 4.64. The number of hydrogen-bond donors (Lipinski definition) is 2. The summed E-state index contributed by atoms with van der Waals surface area (Å²) in [5.74, 6) is 0. The normalized spacial score (nSPS) is 21.4. The van der Waals surface area contributed by atoms with Gasteiger partial charge in [0.2, 0.25) is 0 Å². The molecule has 100 valence electrons. The predicted molar refractivity (Wildman–Crippen MR) is 61.8 cm³/mol. The standard InChI is InChI=1S/C12H15F3N2O/c13-12(14,15)9-3-8(4-10(16)5-9)6-17-2-1-11(18)7-17/h3-5,11,18H,1-2,6-7,16H2/t11-/m0/s1. The molecule has 0 aromatic heterocycles. The van der Waals surface area contributed by atoms with Crippen molar-refractivity contribution in [1.82, 2.24) is 4.90 Å². The first-order valence-electron chi connectivity index (χ1n) is 5.71. The van der Waals surface area contributed by atoms with Gasteiger partial charge in [0.15, 0.2) is 0 Å². The molecule has 3 nitrogen and oxygen atoms in total. The number of hydrogen-bond acceptors (Lipinski definition) is 3.